The fourth-order valence-electron chi connectivity index (χ4n) is 2.02. The second-order valence-electron chi connectivity index (χ2n) is 4.92. The number of nitrogens with zero attached hydrogens (tertiary/aromatic N) is 3. The highest BCUT2D eigenvalue weighted by atomic mass is 35.5. The summed E-state index contributed by atoms with van der Waals surface area (Å²) in [5, 5.41) is 3.15. The van der Waals surface area contributed by atoms with Crippen molar-refractivity contribution in [1.29, 1.82) is 0 Å². The molecule has 21 heavy (non-hydrogen) atoms. The second-order valence-corrected chi connectivity index (χ2v) is 6.92. The highest BCUT2D eigenvalue weighted by Gasteiger charge is 2.11. The Labute approximate surface area is 132 Å². The van der Waals surface area contributed by atoms with Crippen LogP contribution in [0.3, 0.4) is 0 Å². The maximum Gasteiger partial charge on any atom is 0.161 e. The van der Waals surface area contributed by atoms with Crippen LogP contribution >= 0.6 is 23.4 Å². The Hall–Kier alpha value is -1.65. The number of hydrogen-bond donors (Lipinski definition) is 0. The Kier molecular flexibility index (Phi) is 4.08. The smallest absolute Gasteiger partial charge is 0.161 e. The molecule has 2 aromatic heterocycles. The van der Waals surface area contributed by atoms with Crippen LogP contribution in [0.25, 0.3) is 22.3 Å². The number of halogens is 1. The number of hydrogen-bond acceptors (Lipinski definition) is 4. The summed E-state index contributed by atoms with van der Waals surface area (Å²) in [6, 6.07) is 9.57. The van der Waals surface area contributed by atoms with Crippen molar-refractivity contribution in [2.75, 3.05) is 0 Å². The first-order valence-corrected chi connectivity index (χ1v) is 7.93. The van der Waals surface area contributed by atoms with E-state index in [2.05, 4.69) is 23.8 Å². The third kappa shape index (κ3) is 3.17. The van der Waals surface area contributed by atoms with E-state index in [9.17, 15) is 0 Å². The van der Waals surface area contributed by atoms with Gasteiger partial charge in [0.2, 0.25) is 0 Å². The first-order valence-electron chi connectivity index (χ1n) is 6.68. The van der Waals surface area contributed by atoms with Gasteiger partial charge >= 0.3 is 0 Å². The molecule has 5 heteroatoms. The van der Waals surface area contributed by atoms with Crippen LogP contribution in [0.5, 0.6) is 0 Å². The fourth-order valence-corrected chi connectivity index (χ4v) is 3.07. The van der Waals surface area contributed by atoms with Crippen molar-refractivity contribution in [2.24, 2.45) is 0 Å². The van der Waals surface area contributed by atoms with Gasteiger partial charge in [0.25, 0.3) is 0 Å². The van der Waals surface area contributed by atoms with Gasteiger partial charge in [-0.15, -0.1) is 11.8 Å². The summed E-state index contributed by atoms with van der Waals surface area (Å²) >= 11 is 7.83. The van der Waals surface area contributed by atoms with Gasteiger partial charge in [0.15, 0.2) is 5.82 Å². The second kappa shape index (κ2) is 6.00. The van der Waals surface area contributed by atoms with Gasteiger partial charge < -0.3 is 0 Å². The number of thioether (sulfide) groups is 1. The van der Waals surface area contributed by atoms with E-state index in [1.165, 1.54) is 0 Å². The first-order chi connectivity index (χ1) is 10.1. The first kappa shape index (κ1) is 14.3. The largest absolute Gasteiger partial charge is 0.265 e. The van der Waals surface area contributed by atoms with Gasteiger partial charge in [0, 0.05) is 33.6 Å². The van der Waals surface area contributed by atoms with Crippen molar-refractivity contribution >= 4 is 34.3 Å². The standard InChI is InChI=1S/C16H14ClN3S/c1-10(2)21-16-13-4-3-12(17)9-14(13)19-15(20-16)11-5-7-18-8-6-11/h3-10H,1-2H3. The number of benzene rings is 1. The lowest BCUT2D eigenvalue weighted by molar-refractivity contribution is 1.07. The lowest BCUT2D eigenvalue weighted by Gasteiger charge is -2.10. The molecule has 0 saturated carbocycles. The Morgan fingerprint density at radius 2 is 1.81 bits per heavy atom. The minimum absolute atomic E-state index is 0.448. The van der Waals surface area contributed by atoms with E-state index in [-0.39, 0.29) is 0 Å². The van der Waals surface area contributed by atoms with Crippen molar-refractivity contribution in [3.05, 3.63) is 47.7 Å². The summed E-state index contributed by atoms with van der Waals surface area (Å²) in [5.74, 6) is 0.704. The minimum atomic E-state index is 0.448. The van der Waals surface area contributed by atoms with E-state index in [4.69, 9.17) is 16.6 Å². The molecule has 0 bridgehead atoms. The molecule has 106 valence electrons. The highest BCUT2D eigenvalue weighted by Crippen LogP contribution is 2.31. The molecule has 1 aromatic carbocycles. The third-order valence-electron chi connectivity index (χ3n) is 2.91. The molecule has 0 radical (unpaired) electrons. The zero-order chi connectivity index (χ0) is 14.8. The topological polar surface area (TPSA) is 38.7 Å². The van der Waals surface area contributed by atoms with Gasteiger partial charge in [0.1, 0.15) is 5.03 Å². The molecule has 3 nitrogen and oxygen atoms in total. The molecule has 0 spiro atoms. The molecule has 0 fully saturated rings. The van der Waals surface area contributed by atoms with Crippen LogP contribution in [0.15, 0.2) is 47.8 Å². The normalized spacial score (nSPS) is 11.2. The molecule has 0 aliphatic heterocycles. The van der Waals surface area contributed by atoms with Crippen LogP contribution in [0.4, 0.5) is 0 Å². The molecule has 0 unspecified atom stereocenters. The molecule has 3 rings (SSSR count). The molecule has 0 amide bonds. The zero-order valence-electron chi connectivity index (χ0n) is 11.7. The minimum Gasteiger partial charge on any atom is -0.265 e. The number of rotatable bonds is 3. The van der Waals surface area contributed by atoms with Crippen molar-refractivity contribution in [3.63, 3.8) is 0 Å². The van der Waals surface area contributed by atoms with Gasteiger partial charge in [-0.2, -0.15) is 0 Å². The number of aromatic nitrogens is 3. The zero-order valence-corrected chi connectivity index (χ0v) is 13.3. The summed E-state index contributed by atoms with van der Waals surface area (Å²) < 4.78 is 0. The van der Waals surface area contributed by atoms with Gasteiger partial charge in [-0.3, -0.25) is 4.98 Å². The maximum absolute atomic E-state index is 6.10. The number of pyridine rings is 1. The van der Waals surface area contributed by atoms with Crippen molar-refractivity contribution in [3.8, 4) is 11.4 Å². The van der Waals surface area contributed by atoms with E-state index in [0.717, 1.165) is 21.5 Å². The van der Waals surface area contributed by atoms with E-state index in [0.29, 0.717) is 16.1 Å². The summed E-state index contributed by atoms with van der Waals surface area (Å²) in [7, 11) is 0. The molecular formula is C16H14ClN3S. The van der Waals surface area contributed by atoms with Gasteiger partial charge in [-0.25, -0.2) is 9.97 Å². The van der Waals surface area contributed by atoms with Crippen molar-refractivity contribution in [2.45, 2.75) is 24.1 Å². The maximum atomic E-state index is 6.10. The van der Waals surface area contributed by atoms with E-state index < -0.39 is 0 Å². The average molecular weight is 316 g/mol. The molecule has 0 aliphatic carbocycles. The quantitative estimate of drug-likeness (QED) is 0.512. The van der Waals surface area contributed by atoms with Crippen molar-refractivity contribution < 1.29 is 0 Å². The van der Waals surface area contributed by atoms with Crippen LogP contribution in [0.2, 0.25) is 5.02 Å². The molecule has 0 aliphatic rings. The predicted octanol–water partition coefficient (Wildman–Crippen LogP) is 4.85. The third-order valence-corrected chi connectivity index (χ3v) is 4.15. The fraction of sp³-hybridized carbons (Fsp3) is 0.188. The molecular weight excluding hydrogens is 302 g/mol. The lowest BCUT2D eigenvalue weighted by atomic mass is 10.2. The van der Waals surface area contributed by atoms with Gasteiger partial charge in [-0.05, 0) is 30.3 Å². The summed E-state index contributed by atoms with van der Waals surface area (Å²) in [5.41, 5.74) is 1.82. The predicted molar refractivity (Wildman–Crippen MR) is 88.8 cm³/mol. The highest BCUT2D eigenvalue weighted by molar-refractivity contribution is 8.00. The van der Waals surface area contributed by atoms with Gasteiger partial charge in [-0.1, -0.05) is 25.4 Å². The van der Waals surface area contributed by atoms with E-state index in [1.54, 1.807) is 24.2 Å². The molecule has 0 saturated heterocycles. The van der Waals surface area contributed by atoms with Crippen LogP contribution in [-0.4, -0.2) is 20.2 Å². The molecule has 0 atom stereocenters. The van der Waals surface area contributed by atoms with Crippen LogP contribution in [0.1, 0.15) is 13.8 Å². The Morgan fingerprint density at radius 1 is 1.05 bits per heavy atom. The monoisotopic (exact) mass is 315 g/mol. The summed E-state index contributed by atoms with van der Waals surface area (Å²) in [4.78, 5) is 13.4. The summed E-state index contributed by atoms with van der Waals surface area (Å²) in [6.45, 7) is 4.31. The van der Waals surface area contributed by atoms with Crippen LogP contribution in [0, 0.1) is 0 Å². The van der Waals surface area contributed by atoms with Crippen LogP contribution < -0.4 is 0 Å². The average Bonchev–Trinajstić information content (AvgIpc) is 2.47. The Morgan fingerprint density at radius 3 is 2.52 bits per heavy atom. The number of fused-ring (bicyclic) bond motifs is 1. The SMILES string of the molecule is CC(C)Sc1nc(-c2ccncc2)nc2cc(Cl)ccc12. The van der Waals surface area contributed by atoms with Gasteiger partial charge in [0.05, 0.1) is 5.52 Å². The lowest BCUT2D eigenvalue weighted by Crippen LogP contribution is -1.96. The summed E-state index contributed by atoms with van der Waals surface area (Å²) in [6.07, 6.45) is 3.49. The molecule has 3 aromatic rings. The van der Waals surface area contributed by atoms with Crippen molar-refractivity contribution in [1.82, 2.24) is 15.0 Å². The Bertz CT molecular complexity index is 775. The van der Waals surface area contributed by atoms with E-state index >= 15 is 0 Å². The van der Waals surface area contributed by atoms with E-state index in [1.807, 2.05) is 30.3 Å². The molecule has 2 heterocycles. The Balaban J connectivity index is 2.22. The molecule has 0 N–H and O–H groups in total. The van der Waals surface area contributed by atoms with Crippen LogP contribution in [-0.2, 0) is 0 Å².